The summed E-state index contributed by atoms with van der Waals surface area (Å²) in [7, 11) is 0. The highest BCUT2D eigenvalue weighted by Gasteiger charge is 2.07. The van der Waals surface area contributed by atoms with Crippen molar-refractivity contribution in [2.24, 2.45) is 0 Å². The van der Waals surface area contributed by atoms with Crippen LogP contribution in [0.25, 0.3) is 0 Å². The molecule has 0 aliphatic carbocycles. The molecule has 1 rings (SSSR count). The summed E-state index contributed by atoms with van der Waals surface area (Å²) in [6, 6.07) is 7.51. The maximum Gasteiger partial charge on any atom is 0.307 e. The monoisotopic (exact) mass is 222 g/mol. The van der Waals surface area contributed by atoms with E-state index in [0.717, 1.165) is 17.5 Å². The number of ether oxygens (including phenoxy) is 1. The summed E-state index contributed by atoms with van der Waals surface area (Å²) in [5, 5.41) is 8.77. The van der Waals surface area contributed by atoms with Crippen LogP contribution in [0.2, 0.25) is 0 Å². The summed E-state index contributed by atoms with van der Waals surface area (Å²) in [5.41, 5.74) is 1.79. The molecule has 1 aromatic carbocycles. The zero-order valence-corrected chi connectivity index (χ0v) is 9.77. The van der Waals surface area contributed by atoms with Gasteiger partial charge in [0.25, 0.3) is 0 Å². The van der Waals surface area contributed by atoms with Crippen molar-refractivity contribution in [1.82, 2.24) is 0 Å². The van der Waals surface area contributed by atoms with Crippen LogP contribution >= 0.6 is 0 Å². The summed E-state index contributed by atoms with van der Waals surface area (Å²) < 4.78 is 5.61. The summed E-state index contributed by atoms with van der Waals surface area (Å²) >= 11 is 0. The van der Waals surface area contributed by atoms with Gasteiger partial charge in [-0.3, -0.25) is 4.79 Å². The fraction of sp³-hybridized carbons (Fsp3) is 0.462. The normalized spacial score (nSPS) is 12.4. The van der Waals surface area contributed by atoms with Crippen molar-refractivity contribution < 1.29 is 14.6 Å². The van der Waals surface area contributed by atoms with Crippen LogP contribution in [-0.2, 0) is 22.6 Å². The molecule has 3 nitrogen and oxygen atoms in total. The molecule has 0 aliphatic heterocycles. The van der Waals surface area contributed by atoms with Crippen molar-refractivity contribution in [3.8, 4) is 0 Å². The van der Waals surface area contributed by atoms with Crippen molar-refractivity contribution in [1.29, 1.82) is 0 Å². The van der Waals surface area contributed by atoms with Crippen molar-refractivity contribution in [3.63, 3.8) is 0 Å². The number of hydrogen-bond acceptors (Lipinski definition) is 2. The van der Waals surface area contributed by atoms with Crippen LogP contribution in [0.1, 0.15) is 31.4 Å². The van der Waals surface area contributed by atoms with Crippen molar-refractivity contribution >= 4 is 5.97 Å². The van der Waals surface area contributed by atoms with E-state index in [1.807, 2.05) is 31.2 Å². The molecule has 0 amide bonds. The molecule has 0 saturated carbocycles. The minimum Gasteiger partial charge on any atom is -0.481 e. The van der Waals surface area contributed by atoms with E-state index < -0.39 is 5.97 Å². The largest absolute Gasteiger partial charge is 0.481 e. The minimum absolute atomic E-state index is 0.0556. The van der Waals surface area contributed by atoms with Crippen LogP contribution in [0.15, 0.2) is 24.3 Å². The first-order valence-corrected chi connectivity index (χ1v) is 5.53. The highest BCUT2D eigenvalue weighted by Crippen LogP contribution is 2.12. The van der Waals surface area contributed by atoms with Gasteiger partial charge in [-0.1, -0.05) is 31.2 Å². The molecule has 88 valence electrons. The van der Waals surface area contributed by atoms with E-state index in [-0.39, 0.29) is 12.5 Å². The molecular formula is C13H18O3. The average molecular weight is 222 g/mol. The van der Waals surface area contributed by atoms with Gasteiger partial charge in [-0.2, -0.15) is 0 Å². The molecule has 0 aliphatic rings. The predicted molar refractivity (Wildman–Crippen MR) is 62.3 cm³/mol. The van der Waals surface area contributed by atoms with Crippen molar-refractivity contribution in [3.05, 3.63) is 35.4 Å². The Labute approximate surface area is 96.1 Å². The molecular weight excluding hydrogens is 204 g/mol. The molecule has 0 aromatic heterocycles. The molecule has 16 heavy (non-hydrogen) atoms. The maximum atomic E-state index is 10.7. The smallest absolute Gasteiger partial charge is 0.307 e. The summed E-state index contributed by atoms with van der Waals surface area (Å²) in [4.78, 5) is 10.7. The predicted octanol–water partition coefficient (Wildman–Crippen LogP) is 2.63. The lowest BCUT2D eigenvalue weighted by Gasteiger charge is -2.12. The van der Waals surface area contributed by atoms with Crippen LogP contribution in [-0.4, -0.2) is 17.2 Å². The number of carbonyl (C=O) groups is 1. The summed E-state index contributed by atoms with van der Waals surface area (Å²) in [6.07, 6.45) is 1.22. The van der Waals surface area contributed by atoms with Gasteiger partial charge >= 0.3 is 5.97 Å². The first-order chi connectivity index (χ1) is 7.63. The molecule has 3 heteroatoms. The van der Waals surface area contributed by atoms with Gasteiger partial charge in [-0.15, -0.1) is 0 Å². The average Bonchev–Trinajstić information content (AvgIpc) is 2.26. The first kappa shape index (κ1) is 12.7. The second-order valence-corrected chi connectivity index (χ2v) is 3.87. The summed E-state index contributed by atoms with van der Waals surface area (Å²) in [5.74, 6) is -0.809. The van der Waals surface area contributed by atoms with Crippen molar-refractivity contribution in [2.45, 2.75) is 39.4 Å². The topological polar surface area (TPSA) is 46.5 Å². The number of hydrogen-bond donors (Lipinski definition) is 1. The van der Waals surface area contributed by atoms with Gasteiger partial charge in [0.2, 0.25) is 0 Å². The lowest BCUT2D eigenvalue weighted by Crippen LogP contribution is -2.09. The molecule has 0 radical (unpaired) electrons. The molecule has 0 spiro atoms. The zero-order chi connectivity index (χ0) is 12.0. The van der Waals surface area contributed by atoms with Crippen LogP contribution in [0, 0.1) is 0 Å². The van der Waals surface area contributed by atoms with Gasteiger partial charge in [-0.05, 0) is 24.5 Å². The first-order valence-electron chi connectivity index (χ1n) is 5.53. The molecule has 0 bridgehead atoms. The van der Waals surface area contributed by atoms with Gasteiger partial charge in [0.1, 0.15) is 0 Å². The van der Waals surface area contributed by atoms with E-state index in [1.165, 1.54) is 0 Å². The third-order valence-electron chi connectivity index (χ3n) is 2.56. The van der Waals surface area contributed by atoms with Gasteiger partial charge in [0, 0.05) is 0 Å². The Hall–Kier alpha value is -1.35. The molecule has 1 unspecified atom stereocenters. The Kier molecular flexibility index (Phi) is 4.99. The zero-order valence-electron chi connectivity index (χ0n) is 9.77. The van der Waals surface area contributed by atoms with E-state index in [4.69, 9.17) is 9.84 Å². The van der Waals surface area contributed by atoms with Crippen molar-refractivity contribution in [2.75, 3.05) is 0 Å². The quantitative estimate of drug-likeness (QED) is 0.804. The van der Waals surface area contributed by atoms with Gasteiger partial charge < -0.3 is 9.84 Å². The van der Waals surface area contributed by atoms with E-state index in [2.05, 4.69) is 6.92 Å². The number of rotatable bonds is 6. The number of carboxylic acid groups (broad SMARTS) is 1. The highest BCUT2D eigenvalue weighted by molar-refractivity contribution is 5.70. The third kappa shape index (κ3) is 4.03. The van der Waals surface area contributed by atoms with Gasteiger partial charge in [0.15, 0.2) is 0 Å². The molecule has 1 aromatic rings. The number of benzene rings is 1. The Morgan fingerprint density at radius 2 is 2.00 bits per heavy atom. The standard InChI is InChI=1S/C13H18O3/c1-3-10(2)16-9-12-7-5-4-6-11(12)8-13(14)15/h4-7,10H,3,8-9H2,1-2H3,(H,14,15). The van der Waals surface area contributed by atoms with Crippen LogP contribution in [0.3, 0.4) is 0 Å². The van der Waals surface area contributed by atoms with E-state index in [0.29, 0.717) is 6.61 Å². The van der Waals surface area contributed by atoms with E-state index in [9.17, 15) is 4.79 Å². The minimum atomic E-state index is -0.809. The van der Waals surface area contributed by atoms with E-state index >= 15 is 0 Å². The second-order valence-electron chi connectivity index (χ2n) is 3.87. The highest BCUT2D eigenvalue weighted by atomic mass is 16.5. The third-order valence-corrected chi connectivity index (χ3v) is 2.56. The lowest BCUT2D eigenvalue weighted by molar-refractivity contribution is -0.136. The Morgan fingerprint density at radius 3 is 2.56 bits per heavy atom. The van der Waals surface area contributed by atoms with Crippen LogP contribution in [0.5, 0.6) is 0 Å². The molecule has 0 saturated heterocycles. The van der Waals surface area contributed by atoms with Crippen LogP contribution in [0.4, 0.5) is 0 Å². The van der Waals surface area contributed by atoms with Crippen LogP contribution < -0.4 is 0 Å². The fourth-order valence-electron chi connectivity index (χ4n) is 1.38. The fourth-order valence-corrected chi connectivity index (χ4v) is 1.38. The Morgan fingerprint density at radius 1 is 1.38 bits per heavy atom. The summed E-state index contributed by atoms with van der Waals surface area (Å²) in [6.45, 7) is 4.56. The number of carboxylic acids is 1. The second kappa shape index (κ2) is 6.28. The molecule has 1 atom stereocenters. The van der Waals surface area contributed by atoms with E-state index in [1.54, 1.807) is 0 Å². The Bertz CT molecular complexity index is 347. The lowest BCUT2D eigenvalue weighted by atomic mass is 10.1. The molecule has 1 N–H and O–H groups in total. The van der Waals surface area contributed by atoms with Gasteiger partial charge in [0.05, 0.1) is 19.1 Å². The molecule has 0 fully saturated rings. The Balaban J connectivity index is 2.67. The SMILES string of the molecule is CCC(C)OCc1ccccc1CC(=O)O. The molecule has 0 heterocycles. The number of aliphatic carboxylic acids is 1. The maximum absolute atomic E-state index is 10.7. The van der Waals surface area contributed by atoms with Gasteiger partial charge in [-0.25, -0.2) is 0 Å².